The highest BCUT2D eigenvalue weighted by atomic mass is 32.2. The van der Waals surface area contributed by atoms with Gasteiger partial charge in [0.25, 0.3) is 10.0 Å². The average molecular weight is 445 g/mol. The number of benzene rings is 3. The van der Waals surface area contributed by atoms with Gasteiger partial charge in [-0.2, -0.15) is 0 Å². The Morgan fingerprint density at radius 3 is 2.06 bits per heavy atom. The van der Waals surface area contributed by atoms with E-state index in [2.05, 4.69) is 15.4 Å². The number of carbonyl (C=O) groups is 1. The van der Waals surface area contributed by atoms with Gasteiger partial charge in [0.15, 0.2) is 11.5 Å². The molecular formula is C21H20FN3O5S. The lowest BCUT2D eigenvalue weighted by molar-refractivity contribution is 0.262. The van der Waals surface area contributed by atoms with Gasteiger partial charge in [-0.25, -0.2) is 17.6 Å². The summed E-state index contributed by atoms with van der Waals surface area (Å²) in [6.07, 6.45) is 0. The molecule has 31 heavy (non-hydrogen) atoms. The van der Waals surface area contributed by atoms with E-state index in [1.165, 1.54) is 26.4 Å². The van der Waals surface area contributed by atoms with Crippen molar-refractivity contribution in [2.45, 2.75) is 4.90 Å². The molecule has 0 saturated heterocycles. The molecule has 0 aliphatic heterocycles. The molecule has 0 fully saturated rings. The summed E-state index contributed by atoms with van der Waals surface area (Å²) >= 11 is 0. The Labute approximate surface area is 179 Å². The van der Waals surface area contributed by atoms with Crippen LogP contribution in [0.2, 0.25) is 0 Å². The molecule has 0 atom stereocenters. The Hall–Kier alpha value is -3.79. The molecule has 0 aliphatic rings. The highest BCUT2D eigenvalue weighted by Crippen LogP contribution is 2.32. The van der Waals surface area contributed by atoms with Crippen molar-refractivity contribution in [3.63, 3.8) is 0 Å². The van der Waals surface area contributed by atoms with Crippen LogP contribution < -0.4 is 24.8 Å². The molecule has 0 radical (unpaired) electrons. The third-order valence-electron chi connectivity index (χ3n) is 4.13. The van der Waals surface area contributed by atoms with Gasteiger partial charge in [0.2, 0.25) is 0 Å². The first-order chi connectivity index (χ1) is 14.8. The number of para-hydroxylation sites is 1. The number of halogens is 1. The molecule has 162 valence electrons. The number of rotatable bonds is 7. The number of carbonyl (C=O) groups excluding carboxylic acids is 1. The monoisotopic (exact) mass is 445 g/mol. The summed E-state index contributed by atoms with van der Waals surface area (Å²) in [5.74, 6) is -0.867. The lowest BCUT2D eigenvalue weighted by Crippen LogP contribution is -2.19. The molecule has 0 unspecified atom stereocenters. The van der Waals surface area contributed by atoms with E-state index in [4.69, 9.17) is 9.47 Å². The van der Waals surface area contributed by atoms with Crippen LogP contribution in [-0.4, -0.2) is 28.7 Å². The Bertz CT molecular complexity index is 1190. The number of urea groups is 1. The zero-order chi connectivity index (χ0) is 22.4. The lowest BCUT2D eigenvalue weighted by Gasteiger charge is -2.13. The van der Waals surface area contributed by atoms with Crippen LogP contribution in [0.4, 0.5) is 26.2 Å². The summed E-state index contributed by atoms with van der Waals surface area (Å²) < 4.78 is 52.1. The molecule has 0 aliphatic carbocycles. The summed E-state index contributed by atoms with van der Waals surface area (Å²) in [5.41, 5.74) is 1.06. The van der Waals surface area contributed by atoms with Crippen molar-refractivity contribution in [1.82, 2.24) is 0 Å². The minimum absolute atomic E-state index is 0.0644. The maximum atomic E-state index is 14.4. The van der Waals surface area contributed by atoms with E-state index in [0.717, 1.165) is 12.1 Å². The second-order valence-corrected chi connectivity index (χ2v) is 7.92. The molecule has 2 amide bonds. The van der Waals surface area contributed by atoms with Gasteiger partial charge in [0.1, 0.15) is 10.7 Å². The van der Waals surface area contributed by atoms with E-state index in [1.807, 2.05) is 6.07 Å². The minimum Gasteiger partial charge on any atom is -0.493 e. The number of anilines is 3. The van der Waals surface area contributed by atoms with Crippen LogP contribution in [0.15, 0.2) is 71.6 Å². The van der Waals surface area contributed by atoms with Gasteiger partial charge < -0.3 is 20.1 Å². The largest absolute Gasteiger partial charge is 0.493 e. The summed E-state index contributed by atoms with van der Waals surface area (Å²) in [6.45, 7) is 0. The fourth-order valence-electron chi connectivity index (χ4n) is 2.73. The fraction of sp³-hybridized carbons (Fsp3) is 0.0952. The summed E-state index contributed by atoms with van der Waals surface area (Å²) in [6, 6.07) is 16.3. The second-order valence-electron chi connectivity index (χ2n) is 6.27. The van der Waals surface area contributed by atoms with Gasteiger partial charge in [-0.1, -0.05) is 24.3 Å². The van der Waals surface area contributed by atoms with E-state index >= 15 is 0 Å². The fourth-order valence-corrected chi connectivity index (χ4v) is 3.85. The number of methoxy groups -OCH3 is 2. The van der Waals surface area contributed by atoms with Crippen molar-refractivity contribution >= 4 is 33.1 Å². The van der Waals surface area contributed by atoms with Crippen LogP contribution in [0, 0.1) is 5.82 Å². The van der Waals surface area contributed by atoms with Gasteiger partial charge >= 0.3 is 6.03 Å². The van der Waals surface area contributed by atoms with E-state index in [9.17, 15) is 17.6 Å². The number of ether oxygens (including phenoxy) is 2. The number of hydrogen-bond acceptors (Lipinski definition) is 5. The predicted molar refractivity (Wildman–Crippen MR) is 116 cm³/mol. The first kappa shape index (κ1) is 21.9. The molecule has 0 aromatic heterocycles. The van der Waals surface area contributed by atoms with Gasteiger partial charge in [-0.3, -0.25) is 4.72 Å². The first-order valence-electron chi connectivity index (χ1n) is 9.00. The molecule has 0 spiro atoms. The zero-order valence-corrected chi connectivity index (χ0v) is 17.5. The molecule has 0 bridgehead atoms. The van der Waals surface area contributed by atoms with Gasteiger partial charge in [-0.15, -0.1) is 0 Å². The average Bonchev–Trinajstić information content (AvgIpc) is 2.73. The van der Waals surface area contributed by atoms with Crippen molar-refractivity contribution in [2.75, 3.05) is 29.6 Å². The third-order valence-corrected chi connectivity index (χ3v) is 5.53. The van der Waals surface area contributed by atoms with E-state index in [0.29, 0.717) is 11.4 Å². The van der Waals surface area contributed by atoms with Crippen LogP contribution >= 0.6 is 0 Å². The third kappa shape index (κ3) is 5.43. The van der Waals surface area contributed by atoms with Crippen molar-refractivity contribution in [2.24, 2.45) is 0 Å². The number of nitrogens with one attached hydrogen (secondary N) is 3. The van der Waals surface area contributed by atoms with Crippen molar-refractivity contribution in [3.05, 3.63) is 72.5 Å². The lowest BCUT2D eigenvalue weighted by atomic mass is 10.3. The van der Waals surface area contributed by atoms with E-state index in [1.54, 1.807) is 36.4 Å². The number of amides is 2. The van der Waals surface area contributed by atoms with Crippen LogP contribution in [-0.2, 0) is 10.0 Å². The predicted octanol–water partition coefficient (Wildman–Crippen LogP) is 4.29. The second kappa shape index (κ2) is 9.35. The van der Waals surface area contributed by atoms with Crippen LogP contribution in [0.5, 0.6) is 11.5 Å². The molecule has 10 heteroatoms. The topological polar surface area (TPSA) is 106 Å². The summed E-state index contributed by atoms with van der Waals surface area (Å²) in [5, 5.41) is 5.26. The molecule has 3 rings (SSSR count). The number of sulfonamides is 1. The van der Waals surface area contributed by atoms with Gasteiger partial charge in [0, 0.05) is 23.5 Å². The molecule has 8 nitrogen and oxygen atoms in total. The Morgan fingerprint density at radius 1 is 0.806 bits per heavy atom. The van der Waals surface area contributed by atoms with E-state index < -0.39 is 26.8 Å². The first-order valence-corrected chi connectivity index (χ1v) is 10.5. The SMILES string of the molecule is COc1cc(F)c(S(=O)(=O)Nc2cccc(NC(=O)Nc3ccccc3)c2)cc1OC. The molecule has 0 saturated carbocycles. The number of hydrogen-bond donors (Lipinski definition) is 3. The summed E-state index contributed by atoms with van der Waals surface area (Å²) in [4.78, 5) is 11.5. The van der Waals surface area contributed by atoms with Crippen molar-refractivity contribution in [3.8, 4) is 11.5 Å². The molecule has 0 heterocycles. The van der Waals surface area contributed by atoms with E-state index in [-0.39, 0.29) is 17.2 Å². The smallest absolute Gasteiger partial charge is 0.323 e. The van der Waals surface area contributed by atoms with Gasteiger partial charge in [-0.05, 0) is 30.3 Å². The van der Waals surface area contributed by atoms with Crippen LogP contribution in [0.1, 0.15) is 0 Å². The van der Waals surface area contributed by atoms with Gasteiger partial charge in [0.05, 0.1) is 19.9 Å². The maximum Gasteiger partial charge on any atom is 0.323 e. The highest BCUT2D eigenvalue weighted by molar-refractivity contribution is 7.92. The molecule has 3 aromatic rings. The molecule has 3 aromatic carbocycles. The molecule has 3 N–H and O–H groups in total. The highest BCUT2D eigenvalue weighted by Gasteiger charge is 2.23. The molecular weight excluding hydrogens is 425 g/mol. The minimum atomic E-state index is -4.28. The summed E-state index contributed by atoms with van der Waals surface area (Å²) in [7, 11) is -1.65. The van der Waals surface area contributed by atoms with Crippen molar-refractivity contribution in [1.29, 1.82) is 0 Å². The standard InChI is InChI=1S/C21H20FN3O5S/c1-29-18-12-17(22)20(13-19(18)30-2)31(27,28)25-16-10-6-9-15(11-16)24-21(26)23-14-7-4-3-5-8-14/h3-13,25H,1-2H3,(H2,23,24,26). The van der Waals surface area contributed by atoms with Crippen LogP contribution in [0.3, 0.4) is 0 Å². The maximum absolute atomic E-state index is 14.4. The zero-order valence-electron chi connectivity index (χ0n) is 16.7. The van der Waals surface area contributed by atoms with Crippen LogP contribution in [0.25, 0.3) is 0 Å². The Morgan fingerprint density at radius 2 is 1.39 bits per heavy atom. The Kier molecular flexibility index (Phi) is 6.61. The van der Waals surface area contributed by atoms with Crippen molar-refractivity contribution < 1.29 is 27.1 Å². The quantitative estimate of drug-likeness (QED) is 0.503. The Balaban J connectivity index is 1.78. The normalized spacial score (nSPS) is 10.8.